The number of carboxylic acid groups (broad SMARTS) is 1. The van der Waals surface area contributed by atoms with Gasteiger partial charge in [0.15, 0.2) is 5.13 Å². The number of carboxylic acids is 1. The van der Waals surface area contributed by atoms with Crippen LogP contribution in [0.15, 0.2) is 47.9 Å². The predicted molar refractivity (Wildman–Crippen MR) is 115 cm³/mol. The molecule has 1 aliphatic carbocycles. The van der Waals surface area contributed by atoms with Crippen molar-refractivity contribution in [2.75, 3.05) is 11.4 Å². The number of nitrogens with zero attached hydrogens (tertiary/aromatic N) is 2. The van der Waals surface area contributed by atoms with E-state index in [4.69, 9.17) is 4.98 Å². The highest BCUT2D eigenvalue weighted by Gasteiger charge is 2.39. The first-order valence-electron chi connectivity index (χ1n) is 10.3. The topological polar surface area (TPSA) is 70.5 Å². The fourth-order valence-electron chi connectivity index (χ4n) is 4.71. The molecule has 2 aliphatic rings. The van der Waals surface area contributed by atoms with E-state index in [9.17, 15) is 14.7 Å². The van der Waals surface area contributed by atoms with Crippen molar-refractivity contribution in [2.45, 2.75) is 38.5 Å². The van der Waals surface area contributed by atoms with Gasteiger partial charge in [0, 0.05) is 17.5 Å². The zero-order valence-corrected chi connectivity index (χ0v) is 17.2. The molecule has 4 rings (SSSR count). The zero-order chi connectivity index (χ0) is 20.2. The van der Waals surface area contributed by atoms with E-state index < -0.39 is 11.9 Å². The van der Waals surface area contributed by atoms with Crippen LogP contribution in [0.4, 0.5) is 5.13 Å². The van der Waals surface area contributed by atoms with E-state index in [-0.39, 0.29) is 18.2 Å². The van der Waals surface area contributed by atoms with E-state index in [0.717, 1.165) is 30.5 Å². The molecule has 1 amide bonds. The molecule has 0 radical (unpaired) electrons. The van der Waals surface area contributed by atoms with Gasteiger partial charge in [-0.15, -0.1) is 11.3 Å². The Labute approximate surface area is 175 Å². The van der Waals surface area contributed by atoms with Gasteiger partial charge in [-0.2, -0.15) is 0 Å². The number of aromatic nitrogens is 1. The Hall–Kier alpha value is -2.47. The fraction of sp³-hybridized carbons (Fsp3) is 0.435. The van der Waals surface area contributed by atoms with Crippen molar-refractivity contribution in [3.05, 3.63) is 47.9 Å². The SMILES string of the molecule is O=C(O)CC1C(=O)N(c2nc(-c3ccccc3)cs2)CC=CCC1C1CCCC1. The number of amides is 1. The lowest BCUT2D eigenvalue weighted by Crippen LogP contribution is -2.43. The number of benzene rings is 1. The smallest absolute Gasteiger partial charge is 0.304 e. The Morgan fingerprint density at radius 2 is 1.93 bits per heavy atom. The molecule has 1 fully saturated rings. The zero-order valence-electron chi connectivity index (χ0n) is 16.4. The number of thiazole rings is 1. The maximum absolute atomic E-state index is 13.5. The summed E-state index contributed by atoms with van der Waals surface area (Å²) in [4.78, 5) is 31.5. The lowest BCUT2D eigenvalue weighted by atomic mass is 9.75. The minimum Gasteiger partial charge on any atom is -0.481 e. The number of aliphatic carboxylic acids is 1. The van der Waals surface area contributed by atoms with Crippen molar-refractivity contribution in [3.8, 4) is 11.3 Å². The first-order chi connectivity index (χ1) is 14.1. The summed E-state index contributed by atoms with van der Waals surface area (Å²) < 4.78 is 0. The van der Waals surface area contributed by atoms with Crippen molar-refractivity contribution in [1.29, 1.82) is 0 Å². The summed E-state index contributed by atoms with van der Waals surface area (Å²) >= 11 is 1.44. The third kappa shape index (κ3) is 4.42. The van der Waals surface area contributed by atoms with Gasteiger partial charge in [0.2, 0.25) is 5.91 Å². The van der Waals surface area contributed by atoms with Gasteiger partial charge in [-0.3, -0.25) is 14.5 Å². The van der Waals surface area contributed by atoms with Crippen LogP contribution in [-0.4, -0.2) is 28.5 Å². The van der Waals surface area contributed by atoms with E-state index in [1.807, 2.05) is 41.8 Å². The maximum Gasteiger partial charge on any atom is 0.304 e. The molecular formula is C23H26N2O3S. The van der Waals surface area contributed by atoms with Crippen molar-refractivity contribution in [3.63, 3.8) is 0 Å². The third-order valence-corrected chi connectivity index (χ3v) is 7.02. The molecule has 152 valence electrons. The molecule has 6 heteroatoms. The van der Waals surface area contributed by atoms with Gasteiger partial charge < -0.3 is 5.11 Å². The second kappa shape index (κ2) is 8.91. The summed E-state index contributed by atoms with van der Waals surface area (Å²) in [6, 6.07) is 9.89. The molecule has 1 aromatic heterocycles. The molecule has 0 saturated heterocycles. The van der Waals surface area contributed by atoms with Crippen LogP contribution >= 0.6 is 11.3 Å². The summed E-state index contributed by atoms with van der Waals surface area (Å²) in [5.41, 5.74) is 1.85. The van der Waals surface area contributed by atoms with Gasteiger partial charge in [0.25, 0.3) is 0 Å². The van der Waals surface area contributed by atoms with Gasteiger partial charge in [-0.1, -0.05) is 68.2 Å². The summed E-state index contributed by atoms with van der Waals surface area (Å²) in [6.07, 6.45) is 9.37. The third-order valence-electron chi connectivity index (χ3n) is 6.16. The van der Waals surface area contributed by atoms with E-state index in [1.165, 1.54) is 24.2 Å². The molecule has 0 bridgehead atoms. The van der Waals surface area contributed by atoms with Gasteiger partial charge in [0.1, 0.15) is 0 Å². The van der Waals surface area contributed by atoms with E-state index in [2.05, 4.69) is 6.08 Å². The monoisotopic (exact) mass is 410 g/mol. The fourth-order valence-corrected chi connectivity index (χ4v) is 5.55. The van der Waals surface area contributed by atoms with Gasteiger partial charge in [-0.05, 0) is 18.3 Å². The van der Waals surface area contributed by atoms with E-state index >= 15 is 0 Å². The lowest BCUT2D eigenvalue weighted by Gasteiger charge is -2.34. The molecule has 1 aliphatic heterocycles. The minimum absolute atomic E-state index is 0.0914. The second-order valence-corrected chi connectivity index (χ2v) is 8.79. The van der Waals surface area contributed by atoms with Gasteiger partial charge in [0.05, 0.1) is 18.0 Å². The second-order valence-electron chi connectivity index (χ2n) is 7.95. The Bertz CT molecular complexity index is 887. The minimum atomic E-state index is -0.903. The average Bonchev–Trinajstić information content (AvgIpc) is 3.41. The van der Waals surface area contributed by atoms with Crippen LogP contribution in [0.1, 0.15) is 38.5 Å². The van der Waals surface area contributed by atoms with Gasteiger partial charge in [-0.25, -0.2) is 4.98 Å². The van der Waals surface area contributed by atoms with E-state index in [1.54, 1.807) is 4.90 Å². The van der Waals surface area contributed by atoms with Crippen molar-refractivity contribution < 1.29 is 14.7 Å². The van der Waals surface area contributed by atoms with Crippen LogP contribution in [0.3, 0.4) is 0 Å². The Morgan fingerprint density at radius 1 is 1.17 bits per heavy atom. The molecule has 5 nitrogen and oxygen atoms in total. The Kier molecular flexibility index (Phi) is 6.09. The molecule has 2 atom stereocenters. The maximum atomic E-state index is 13.5. The Morgan fingerprint density at radius 3 is 2.66 bits per heavy atom. The van der Waals surface area contributed by atoms with E-state index in [0.29, 0.717) is 17.6 Å². The molecule has 1 saturated carbocycles. The first-order valence-corrected chi connectivity index (χ1v) is 11.2. The van der Waals surface area contributed by atoms with Crippen molar-refractivity contribution in [2.24, 2.45) is 17.8 Å². The summed E-state index contributed by atoms with van der Waals surface area (Å²) in [5, 5.41) is 12.1. The number of carbonyl (C=O) groups excluding carboxylic acids is 1. The largest absolute Gasteiger partial charge is 0.481 e. The highest BCUT2D eigenvalue weighted by Crippen LogP contribution is 2.41. The van der Waals surface area contributed by atoms with Gasteiger partial charge >= 0.3 is 5.97 Å². The van der Waals surface area contributed by atoms with Crippen LogP contribution in [0.25, 0.3) is 11.3 Å². The summed E-state index contributed by atoms with van der Waals surface area (Å²) in [5.74, 6) is -0.968. The number of allylic oxidation sites excluding steroid dienone is 1. The molecule has 2 unspecified atom stereocenters. The summed E-state index contributed by atoms with van der Waals surface area (Å²) in [6.45, 7) is 0.439. The molecule has 2 aromatic rings. The average molecular weight is 411 g/mol. The number of anilines is 1. The Balaban J connectivity index is 1.64. The number of hydrogen-bond donors (Lipinski definition) is 1. The van der Waals surface area contributed by atoms with Crippen LogP contribution in [0, 0.1) is 17.8 Å². The van der Waals surface area contributed by atoms with Crippen LogP contribution in [0.2, 0.25) is 0 Å². The standard InChI is InChI=1S/C23H26N2O3S/c26-21(27)14-19-18(16-8-4-5-9-16)12-6-7-13-25(22(19)28)23-24-20(15-29-23)17-10-2-1-3-11-17/h1-3,6-7,10-11,15-16,18-19H,4-5,8-9,12-14H2,(H,26,27). The molecular weight excluding hydrogens is 384 g/mol. The first kappa shape index (κ1) is 19.8. The van der Waals surface area contributed by atoms with Crippen LogP contribution in [-0.2, 0) is 9.59 Å². The molecule has 2 heterocycles. The molecule has 1 aromatic carbocycles. The number of rotatable bonds is 5. The van der Waals surface area contributed by atoms with Crippen LogP contribution in [0.5, 0.6) is 0 Å². The highest BCUT2D eigenvalue weighted by molar-refractivity contribution is 7.14. The molecule has 0 spiro atoms. The predicted octanol–water partition coefficient (Wildman–Crippen LogP) is 5.00. The summed E-state index contributed by atoms with van der Waals surface area (Å²) in [7, 11) is 0. The number of carbonyl (C=O) groups is 2. The molecule has 1 N–H and O–H groups in total. The van der Waals surface area contributed by atoms with Crippen LogP contribution < -0.4 is 4.90 Å². The quantitative estimate of drug-likeness (QED) is 0.704. The number of hydrogen-bond acceptors (Lipinski definition) is 4. The highest BCUT2D eigenvalue weighted by atomic mass is 32.1. The normalized spacial score (nSPS) is 23.2. The van der Waals surface area contributed by atoms with Crippen molar-refractivity contribution in [1.82, 2.24) is 4.98 Å². The molecule has 29 heavy (non-hydrogen) atoms. The van der Waals surface area contributed by atoms with Crippen molar-refractivity contribution >= 4 is 28.3 Å². The lowest BCUT2D eigenvalue weighted by molar-refractivity contribution is -0.142.